The number of aromatic nitrogens is 1. The lowest BCUT2D eigenvalue weighted by molar-refractivity contribution is -0.121. The molecule has 0 saturated carbocycles. The molecule has 14 heavy (non-hydrogen) atoms. The van der Waals surface area contributed by atoms with Gasteiger partial charge in [0.25, 0.3) is 0 Å². The lowest BCUT2D eigenvalue weighted by Crippen LogP contribution is -2.14. The number of thiazole rings is 1. The van der Waals surface area contributed by atoms with Crippen LogP contribution in [0.15, 0.2) is 11.7 Å². The van der Waals surface area contributed by atoms with Gasteiger partial charge in [-0.3, -0.25) is 9.78 Å². The van der Waals surface area contributed by atoms with Gasteiger partial charge in [0.1, 0.15) is 5.78 Å². The van der Waals surface area contributed by atoms with Crippen LogP contribution >= 0.6 is 11.3 Å². The summed E-state index contributed by atoms with van der Waals surface area (Å²) in [5.74, 6) is 0.420. The third-order valence-corrected chi connectivity index (χ3v) is 3.00. The highest BCUT2D eigenvalue weighted by Gasteiger charge is 2.13. The smallest absolute Gasteiger partial charge is 0.140 e. The summed E-state index contributed by atoms with van der Waals surface area (Å²) in [6.07, 6.45) is 4.11. The largest absolute Gasteiger partial charge is 0.330 e. The zero-order chi connectivity index (χ0) is 10.4. The Balaban J connectivity index is 2.34. The molecule has 1 aromatic heterocycles. The Morgan fingerprint density at radius 1 is 1.71 bits per heavy atom. The Morgan fingerprint density at radius 2 is 2.50 bits per heavy atom. The van der Waals surface area contributed by atoms with Crippen LogP contribution in [0.5, 0.6) is 0 Å². The molecular weight excluding hydrogens is 196 g/mol. The first-order valence-electron chi connectivity index (χ1n) is 4.84. The first-order valence-corrected chi connectivity index (χ1v) is 5.72. The maximum absolute atomic E-state index is 11.7. The second-order valence-corrected chi connectivity index (χ2v) is 4.41. The summed E-state index contributed by atoms with van der Waals surface area (Å²) < 4.78 is 0. The van der Waals surface area contributed by atoms with E-state index in [0.29, 0.717) is 18.7 Å². The first-order chi connectivity index (χ1) is 6.74. The van der Waals surface area contributed by atoms with Crippen molar-refractivity contribution in [3.8, 4) is 0 Å². The molecule has 0 fully saturated rings. The van der Waals surface area contributed by atoms with Crippen LogP contribution in [-0.4, -0.2) is 17.3 Å². The molecular formula is C10H16N2OS. The number of nitrogens with zero attached hydrogens (tertiary/aromatic N) is 1. The highest BCUT2D eigenvalue weighted by atomic mass is 32.1. The van der Waals surface area contributed by atoms with E-state index in [1.807, 2.05) is 6.92 Å². The van der Waals surface area contributed by atoms with Crippen LogP contribution in [0.3, 0.4) is 0 Å². The summed E-state index contributed by atoms with van der Waals surface area (Å²) >= 11 is 1.54. The summed E-state index contributed by atoms with van der Waals surface area (Å²) in [6, 6.07) is 0. The van der Waals surface area contributed by atoms with Crippen LogP contribution in [-0.2, 0) is 11.2 Å². The Morgan fingerprint density at radius 3 is 3.07 bits per heavy atom. The van der Waals surface area contributed by atoms with Gasteiger partial charge in [-0.15, -0.1) is 11.3 Å². The minimum Gasteiger partial charge on any atom is -0.330 e. The minimum atomic E-state index is 0.126. The van der Waals surface area contributed by atoms with Crippen molar-refractivity contribution in [1.82, 2.24) is 4.98 Å². The molecule has 0 amide bonds. The van der Waals surface area contributed by atoms with Gasteiger partial charge in [0, 0.05) is 23.4 Å². The number of carbonyl (C=O) groups is 1. The second-order valence-electron chi connectivity index (χ2n) is 3.44. The molecule has 1 unspecified atom stereocenters. The highest BCUT2D eigenvalue weighted by Crippen LogP contribution is 2.13. The van der Waals surface area contributed by atoms with Gasteiger partial charge in [-0.1, -0.05) is 6.92 Å². The van der Waals surface area contributed by atoms with Crippen molar-refractivity contribution >= 4 is 17.1 Å². The number of hydrogen-bond donors (Lipinski definition) is 1. The number of nitrogens with two attached hydrogens (primary N) is 1. The SMILES string of the molecule is CC(CCCN)C(=O)Cc1cncs1. The van der Waals surface area contributed by atoms with Gasteiger partial charge in [0.15, 0.2) is 0 Å². The van der Waals surface area contributed by atoms with Gasteiger partial charge in [-0.05, 0) is 19.4 Å². The fourth-order valence-corrected chi connectivity index (χ4v) is 1.86. The normalized spacial score (nSPS) is 12.7. The second kappa shape index (κ2) is 5.88. The summed E-state index contributed by atoms with van der Waals surface area (Å²) in [5.41, 5.74) is 7.15. The predicted molar refractivity (Wildman–Crippen MR) is 58.3 cm³/mol. The Hall–Kier alpha value is -0.740. The minimum absolute atomic E-state index is 0.126. The summed E-state index contributed by atoms with van der Waals surface area (Å²) in [6.45, 7) is 2.64. The van der Waals surface area contributed by atoms with Crippen molar-refractivity contribution in [2.45, 2.75) is 26.2 Å². The fraction of sp³-hybridized carbons (Fsp3) is 0.600. The van der Waals surface area contributed by atoms with E-state index in [9.17, 15) is 4.79 Å². The van der Waals surface area contributed by atoms with Crippen molar-refractivity contribution in [3.63, 3.8) is 0 Å². The molecule has 0 saturated heterocycles. The lowest BCUT2D eigenvalue weighted by Gasteiger charge is -2.07. The maximum Gasteiger partial charge on any atom is 0.140 e. The van der Waals surface area contributed by atoms with Crippen LogP contribution < -0.4 is 5.73 Å². The van der Waals surface area contributed by atoms with Crippen LogP contribution in [0, 0.1) is 5.92 Å². The van der Waals surface area contributed by atoms with E-state index in [4.69, 9.17) is 5.73 Å². The van der Waals surface area contributed by atoms with Crippen LogP contribution in [0.4, 0.5) is 0 Å². The number of ketones is 1. The fourth-order valence-electron chi connectivity index (χ4n) is 1.26. The zero-order valence-electron chi connectivity index (χ0n) is 8.40. The van der Waals surface area contributed by atoms with Crippen molar-refractivity contribution in [1.29, 1.82) is 0 Å². The zero-order valence-corrected chi connectivity index (χ0v) is 9.22. The first kappa shape index (κ1) is 11.3. The van der Waals surface area contributed by atoms with Gasteiger partial charge in [0.2, 0.25) is 0 Å². The molecule has 0 bridgehead atoms. The number of rotatable bonds is 6. The molecule has 0 radical (unpaired) electrons. The predicted octanol–water partition coefficient (Wildman–Crippen LogP) is 1.63. The van der Waals surface area contributed by atoms with E-state index in [-0.39, 0.29) is 5.92 Å². The third kappa shape index (κ3) is 3.55. The Bertz CT molecular complexity index is 272. The van der Waals surface area contributed by atoms with Gasteiger partial charge in [0.05, 0.1) is 5.51 Å². The molecule has 3 nitrogen and oxygen atoms in total. The maximum atomic E-state index is 11.7. The van der Waals surface area contributed by atoms with E-state index >= 15 is 0 Å². The lowest BCUT2D eigenvalue weighted by atomic mass is 9.98. The molecule has 1 atom stereocenters. The van der Waals surface area contributed by atoms with Crippen molar-refractivity contribution in [2.24, 2.45) is 11.7 Å². The summed E-state index contributed by atoms with van der Waals surface area (Å²) in [5, 5.41) is 0. The molecule has 1 rings (SSSR count). The average molecular weight is 212 g/mol. The van der Waals surface area contributed by atoms with Crippen LogP contribution in [0.2, 0.25) is 0 Å². The molecule has 0 aromatic carbocycles. The molecule has 0 aliphatic rings. The molecule has 0 aliphatic carbocycles. The Kier molecular flexibility index (Phi) is 4.76. The van der Waals surface area contributed by atoms with Crippen molar-refractivity contribution < 1.29 is 4.79 Å². The van der Waals surface area contributed by atoms with Gasteiger partial charge < -0.3 is 5.73 Å². The number of Topliss-reactive ketones (excluding diaryl/α,β-unsaturated/α-hetero) is 1. The monoisotopic (exact) mass is 212 g/mol. The molecule has 2 N–H and O–H groups in total. The standard InChI is InChI=1S/C10H16N2OS/c1-8(3-2-4-11)10(13)5-9-6-12-7-14-9/h6-8H,2-5,11H2,1H3. The van der Waals surface area contributed by atoms with Crippen LogP contribution in [0.1, 0.15) is 24.6 Å². The van der Waals surface area contributed by atoms with E-state index in [0.717, 1.165) is 17.7 Å². The van der Waals surface area contributed by atoms with E-state index < -0.39 is 0 Å². The molecule has 1 heterocycles. The van der Waals surface area contributed by atoms with Crippen LogP contribution in [0.25, 0.3) is 0 Å². The molecule has 78 valence electrons. The third-order valence-electron chi connectivity index (χ3n) is 2.22. The highest BCUT2D eigenvalue weighted by molar-refractivity contribution is 7.09. The quantitative estimate of drug-likeness (QED) is 0.779. The molecule has 1 aromatic rings. The number of hydrogen-bond acceptors (Lipinski definition) is 4. The molecule has 0 spiro atoms. The van der Waals surface area contributed by atoms with E-state index in [1.165, 1.54) is 11.3 Å². The molecule has 4 heteroatoms. The number of carbonyl (C=O) groups excluding carboxylic acids is 1. The van der Waals surface area contributed by atoms with Gasteiger partial charge in [-0.25, -0.2) is 0 Å². The summed E-state index contributed by atoms with van der Waals surface area (Å²) in [4.78, 5) is 16.6. The van der Waals surface area contributed by atoms with Crippen molar-refractivity contribution in [2.75, 3.05) is 6.54 Å². The van der Waals surface area contributed by atoms with Crippen molar-refractivity contribution in [3.05, 3.63) is 16.6 Å². The summed E-state index contributed by atoms with van der Waals surface area (Å²) in [7, 11) is 0. The average Bonchev–Trinajstić information content (AvgIpc) is 2.66. The topological polar surface area (TPSA) is 56.0 Å². The van der Waals surface area contributed by atoms with E-state index in [2.05, 4.69) is 4.98 Å². The Labute approximate surface area is 88.3 Å². The van der Waals surface area contributed by atoms with Gasteiger partial charge >= 0.3 is 0 Å². The molecule has 0 aliphatic heterocycles. The van der Waals surface area contributed by atoms with E-state index in [1.54, 1.807) is 11.7 Å². The van der Waals surface area contributed by atoms with Gasteiger partial charge in [-0.2, -0.15) is 0 Å².